The summed E-state index contributed by atoms with van der Waals surface area (Å²) >= 11 is 0. The normalized spacial score (nSPS) is 33.4. The maximum Gasteiger partial charge on any atom is 0.177 e. The van der Waals surface area contributed by atoms with E-state index >= 15 is 0 Å². The lowest BCUT2D eigenvalue weighted by atomic mass is 9.64. The number of hydrogen-bond donors (Lipinski definition) is 1. The van der Waals surface area contributed by atoms with Gasteiger partial charge in [0.25, 0.3) is 0 Å². The summed E-state index contributed by atoms with van der Waals surface area (Å²) in [5.41, 5.74) is 2.68. The molecule has 0 aromatic heterocycles. The minimum Gasteiger partial charge on any atom is -0.347 e. The molecule has 3 fully saturated rings. The lowest BCUT2D eigenvalue weighted by Crippen LogP contribution is -2.61. The molecule has 2 aliphatic heterocycles. The first-order valence-corrected chi connectivity index (χ1v) is 9.52. The molecule has 0 amide bonds. The van der Waals surface area contributed by atoms with E-state index in [4.69, 9.17) is 9.47 Å². The second kappa shape index (κ2) is 6.24. The van der Waals surface area contributed by atoms with Crippen LogP contribution < -0.4 is 5.32 Å². The van der Waals surface area contributed by atoms with Crippen molar-refractivity contribution in [2.75, 3.05) is 13.2 Å². The van der Waals surface area contributed by atoms with Crippen LogP contribution in [0.3, 0.4) is 0 Å². The summed E-state index contributed by atoms with van der Waals surface area (Å²) in [6.45, 7) is 1.44. The third-order valence-electron chi connectivity index (χ3n) is 6.28. The number of benzene rings is 2. The van der Waals surface area contributed by atoms with Gasteiger partial charge in [-0.3, -0.25) is 0 Å². The molecule has 1 spiro atoms. The molecule has 2 bridgehead atoms. The Bertz CT molecular complexity index is 656. The Labute approximate surface area is 149 Å². The van der Waals surface area contributed by atoms with Crippen LogP contribution in [0.4, 0.5) is 0 Å². The Balaban J connectivity index is 1.61. The zero-order valence-corrected chi connectivity index (χ0v) is 14.4. The van der Waals surface area contributed by atoms with Crippen molar-refractivity contribution in [3.8, 4) is 0 Å². The summed E-state index contributed by atoms with van der Waals surface area (Å²) < 4.78 is 12.8. The quantitative estimate of drug-likeness (QED) is 0.891. The van der Waals surface area contributed by atoms with E-state index < -0.39 is 5.79 Å². The Morgan fingerprint density at radius 2 is 1.20 bits per heavy atom. The third-order valence-corrected chi connectivity index (χ3v) is 6.28. The predicted molar refractivity (Wildman–Crippen MR) is 97.0 cm³/mol. The summed E-state index contributed by atoms with van der Waals surface area (Å²) in [6.07, 6.45) is 3.56. The van der Waals surface area contributed by atoms with Crippen molar-refractivity contribution in [2.24, 2.45) is 11.8 Å². The standard InChI is InChI=1S/C22H25NO2/c1-3-8-16(9-4-1)20-18-12-7-13-19(22(18)24-14-15-25-22)21(23-20)17-10-5-2-6-11-17/h1-6,8-11,18-21,23H,7,12-15H2. The number of hydrogen-bond acceptors (Lipinski definition) is 3. The highest BCUT2D eigenvalue weighted by Crippen LogP contribution is 2.57. The molecule has 1 saturated carbocycles. The van der Waals surface area contributed by atoms with E-state index in [9.17, 15) is 0 Å². The lowest BCUT2D eigenvalue weighted by Gasteiger charge is -2.56. The van der Waals surface area contributed by atoms with Gasteiger partial charge in [-0.1, -0.05) is 67.1 Å². The van der Waals surface area contributed by atoms with Gasteiger partial charge in [0.1, 0.15) is 0 Å². The molecule has 3 nitrogen and oxygen atoms in total. The highest BCUT2D eigenvalue weighted by atomic mass is 16.7. The maximum atomic E-state index is 6.39. The molecule has 2 saturated heterocycles. The van der Waals surface area contributed by atoms with Crippen LogP contribution in [-0.2, 0) is 9.47 Å². The molecule has 3 aliphatic rings. The molecule has 4 atom stereocenters. The monoisotopic (exact) mass is 335 g/mol. The summed E-state index contributed by atoms with van der Waals surface area (Å²) in [5, 5.41) is 3.98. The molecular formula is C22H25NO2. The van der Waals surface area contributed by atoms with E-state index in [1.807, 2.05) is 0 Å². The van der Waals surface area contributed by atoms with Crippen molar-refractivity contribution >= 4 is 0 Å². The fraction of sp³-hybridized carbons (Fsp3) is 0.455. The minimum atomic E-state index is -0.426. The van der Waals surface area contributed by atoms with E-state index in [1.165, 1.54) is 17.5 Å². The number of nitrogens with one attached hydrogen (secondary N) is 1. The fourth-order valence-electron chi connectivity index (χ4n) is 5.31. The lowest BCUT2D eigenvalue weighted by molar-refractivity contribution is -0.275. The predicted octanol–water partition coefficient (Wildman–Crippen LogP) is 4.23. The Hall–Kier alpha value is -1.68. The smallest absolute Gasteiger partial charge is 0.177 e. The van der Waals surface area contributed by atoms with E-state index in [2.05, 4.69) is 66.0 Å². The summed E-state index contributed by atoms with van der Waals surface area (Å²) in [4.78, 5) is 0. The van der Waals surface area contributed by atoms with E-state index in [0.717, 1.165) is 26.1 Å². The molecular weight excluding hydrogens is 310 g/mol. The van der Waals surface area contributed by atoms with Gasteiger partial charge in [-0.05, 0) is 24.0 Å². The van der Waals surface area contributed by atoms with Crippen LogP contribution in [0.5, 0.6) is 0 Å². The van der Waals surface area contributed by atoms with Crippen molar-refractivity contribution in [1.29, 1.82) is 0 Å². The van der Waals surface area contributed by atoms with Gasteiger partial charge in [-0.2, -0.15) is 0 Å². The van der Waals surface area contributed by atoms with Crippen molar-refractivity contribution in [3.05, 3.63) is 71.8 Å². The second-order valence-corrected chi connectivity index (χ2v) is 7.51. The average Bonchev–Trinajstić information content (AvgIpc) is 3.12. The Morgan fingerprint density at radius 1 is 0.720 bits per heavy atom. The van der Waals surface area contributed by atoms with Crippen LogP contribution in [0.25, 0.3) is 0 Å². The first-order valence-electron chi connectivity index (χ1n) is 9.52. The van der Waals surface area contributed by atoms with Gasteiger partial charge in [0.15, 0.2) is 5.79 Å². The van der Waals surface area contributed by atoms with Crippen molar-refractivity contribution < 1.29 is 9.47 Å². The van der Waals surface area contributed by atoms with Gasteiger partial charge in [-0.25, -0.2) is 0 Å². The van der Waals surface area contributed by atoms with Gasteiger partial charge < -0.3 is 14.8 Å². The molecule has 2 aromatic rings. The molecule has 130 valence electrons. The number of ether oxygens (including phenoxy) is 2. The van der Waals surface area contributed by atoms with Crippen LogP contribution in [0.2, 0.25) is 0 Å². The largest absolute Gasteiger partial charge is 0.347 e. The summed E-state index contributed by atoms with van der Waals surface area (Å²) in [6, 6.07) is 22.2. The van der Waals surface area contributed by atoms with Crippen LogP contribution in [0, 0.1) is 11.8 Å². The fourth-order valence-corrected chi connectivity index (χ4v) is 5.31. The highest BCUT2D eigenvalue weighted by molar-refractivity contribution is 5.28. The molecule has 2 heterocycles. The first-order chi connectivity index (χ1) is 12.4. The van der Waals surface area contributed by atoms with Crippen LogP contribution in [-0.4, -0.2) is 19.0 Å². The highest BCUT2D eigenvalue weighted by Gasteiger charge is 2.60. The third kappa shape index (κ3) is 2.45. The van der Waals surface area contributed by atoms with Crippen LogP contribution in [0.1, 0.15) is 42.5 Å². The van der Waals surface area contributed by atoms with Gasteiger partial charge in [0.2, 0.25) is 0 Å². The molecule has 3 heteroatoms. The van der Waals surface area contributed by atoms with E-state index in [-0.39, 0.29) is 12.1 Å². The SMILES string of the molecule is c1ccc(C2NC(c3ccccc3)C3CCCC2C32OCCO2)cc1. The Morgan fingerprint density at radius 3 is 1.68 bits per heavy atom. The zero-order chi connectivity index (χ0) is 16.7. The van der Waals surface area contributed by atoms with Crippen LogP contribution in [0.15, 0.2) is 60.7 Å². The maximum absolute atomic E-state index is 6.39. The van der Waals surface area contributed by atoms with Gasteiger partial charge in [-0.15, -0.1) is 0 Å². The van der Waals surface area contributed by atoms with E-state index in [1.54, 1.807) is 0 Å². The molecule has 0 radical (unpaired) electrons. The first kappa shape index (κ1) is 15.6. The molecule has 2 aromatic carbocycles. The molecule has 4 unspecified atom stereocenters. The average molecular weight is 335 g/mol. The van der Waals surface area contributed by atoms with Gasteiger partial charge in [0, 0.05) is 23.9 Å². The van der Waals surface area contributed by atoms with Gasteiger partial charge >= 0.3 is 0 Å². The Kier molecular flexibility index (Phi) is 3.89. The summed E-state index contributed by atoms with van der Waals surface area (Å²) in [7, 11) is 0. The topological polar surface area (TPSA) is 30.5 Å². The number of rotatable bonds is 2. The molecule has 1 aliphatic carbocycles. The van der Waals surface area contributed by atoms with Crippen LogP contribution >= 0.6 is 0 Å². The number of piperidine rings is 1. The summed E-state index contributed by atoms with van der Waals surface area (Å²) in [5.74, 6) is 0.317. The van der Waals surface area contributed by atoms with Crippen molar-refractivity contribution in [2.45, 2.75) is 37.1 Å². The van der Waals surface area contributed by atoms with Gasteiger partial charge in [0.05, 0.1) is 13.2 Å². The molecule has 25 heavy (non-hydrogen) atoms. The zero-order valence-electron chi connectivity index (χ0n) is 14.4. The molecule has 5 rings (SSSR count). The minimum absolute atomic E-state index is 0.265. The van der Waals surface area contributed by atoms with Crippen molar-refractivity contribution in [1.82, 2.24) is 5.32 Å². The van der Waals surface area contributed by atoms with E-state index in [0.29, 0.717) is 11.8 Å². The molecule has 1 N–H and O–H groups in total. The second-order valence-electron chi connectivity index (χ2n) is 7.51. The van der Waals surface area contributed by atoms with Crippen molar-refractivity contribution in [3.63, 3.8) is 0 Å².